The highest BCUT2D eigenvalue weighted by Gasteiger charge is 2.23. The van der Waals surface area contributed by atoms with Crippen molar-refractivity contribution in [1.29, 1.82) is 0 Å². The topological polar surface area (TPSA) is 53.4 Å². The Kier molecular flexibility index (Phi) is 4.56. The first kappa shape index (κ1) is 17.2. The fourth-order valence-electron chi connectivity index (χ4n) is 2.24. The van der Waals surface area contributed by atoms with Crippen molar-refractivity contribution in [2.24, 2.45) is 0 Å². The molecule has 5 nitrogen and oxygen atoms in total. The lowest BCUT2D eigenvalue weighted by molar-refractivity contribution is 0.0522. The number of ether oxygens (including phenoxy) is 2. The lowest BCUT2D eigenvalue weighted by Gasteiger charge is -2.18. The third-order valence-corrected chi connectivity index (χ3v) is 5.54. The Hall–Kier alpha value is -1.61. The van der Waals surface area contributed by atoms with E-state index in [9.17, 15) is 4.79 Å². The molecule has 126 valence electrons. The van der Waals surface area contributed by atoms with Gasteiger partial charge in [0.15, 0.2) is 0 Å². The van der Waals surface area contributed by atoms with Gasteiger partial charge in [-0.3, -0.25) is 0 Å². The van der Waals surface area contributed by atoms with Crippen molar-refractivity contribution in [2.75, 3.05) is 7.11 Å². The predicted molar refractivity (Wildman–Crippen MR) is 104 cm³/mol. The van der Waals surface area contributed by atoms with Gasteiger partial charge in [0, 0.05) is 4.88 Å². The first-order valence-electron chi connectivity index (χ1n) is 7.34. The largest absolute Gasteiger partial charge is 0.497 e. The Morgan fingerprint density at radius 2 is 2.04 bits per heavy atom. The summed E-state index contributed by atoms with van der Waals surface area (Å²) in [7, 11) is 1.65. The number of hydrogen-bond acceptors (Lipinski definition) is 5. The van der Waals surface area contributed by atoms with Gasteiger partial charge >= 0.3 is 6.09 Å². The van der Waals surface area contributed by atoms with Gasteiger partial charge in [-0.25, -0.2) is 4.79 Å². The van der Waals surface area contributed by atoms with Crippen molar-refractivity contribution in [1.82, 2.24) is 9.78 Å². The summed E-state index contributed by atoms with van der Waals surface area (Å²) in [5.41, 5.74) is 1.24. The van der Waals surface area contributed by atoms with E-state index in [-0.39, 0.29) is 0 Å². The van der Waals surface area contributed by atoms with E-state index in [1.807, 2.05) is 51.1 Å². The number of hydrogen-bond donors (Lipinski definition) is 0. The second-order valence-corrected chi connectivity index (χ2v) is 8.31. The normalized spacial score (nSPS) is 11.7. The highest BCUT2D eigenvalue weighted by atomic mass is 127. The van der Waals surface area contributed by atoms with Crippen molar-refractivity contribution in [3.05, 3.63) is 34.0 Å². The van der Waals surface area contributed by atoms with Crippen LogP contribution in [0, 0.1) is 3.70 Å². The fraction of sp³-hybridized carbons (Fsp3) is 0.294. The number of halogens is 1. The number of fused-ring (bicyclic) bond motifs is 1. The van der Waals surface area contributed by atoms with Gasteiger partial charge < -0.3 is 9.47 Å². The minimum absolute atomic E-state index is 0.467. The van der Waals surface area contributed by atoms with E-state index in [0.29, 0.717) is 0 Å². The van der Waals surface area contributed by atoms with Gasteiger partial charge in [0.2, 0.25) is 0 Å². The quantitative estimate of drug-likeness (QED) is 0.500. The Morgan fingerprint density at radius 3 is 2.71 bits per heavy atom. The van der Waals surface area contributed by atoms with Crippen molar-refractivity contribution < 1.29 is 14.3 Å². The van der Waals surface area contributed by atoms with Crippen LogP contribution in [0.15, 0.2) is 30.3 Å². The number of carbonyl (C=O) groups is 1. The van der Waals surface area contributed by atoms with Crippen LogP contribution >= 0.6 is 33.9 Å². The van der Waals surface area contributed by atoms with Gasteiger partial charge in [-0.1, -0.05) is 12.1 Å². The summed E-state index contributed by atoms with van der Waals surface area (Å²) in [6, 6.07) is 9.81. The molecule has 3 aromatic rings. The second-order valence-electron chi connectivity index (χ2n) is 6.24. The molecule has 0 bridgehead atoms. The molecular weight excluding hydrogens is 439 g/mol. The number of carbonyl (C=O) groups excluding carboxylic acids is 1. The van der Waals surface area contributed by atoms with E-state index in [4.69, 9.17) is 9.47 Å². The maximum absolute atomic E-state index is 12.4. The number of aromatic nitrogens is 2. The third kappa shape index (κ3) is 3.41. The highest BCUT2D eigenvalue weighted by molar-refractivity contribution is 14.1. The molecule has 0 aliphatic rings. The van der Waals surface area contributed by atoms with E-state index < -0.39 is 11.7 Å². The van der Waals surface area contributed by atoms with E-state index in [0.717, 1.165) is 30.1 Å². The molecule has 0 aliphatic heterocycles. The molecule has 3 rings (SSSR count). The summed E-state index contributed by atoms with van der Waals surface area (Å²) >= 11 is 3.74. The van der Waals surface area contributed by atoms with Gasteiger partial charge in [-0.15, -0.1) is 11.3 Å². The predicted octanol–water partition coefficient (Wildman–Crippen LogP) is 5.16. The van der Waals surface area contributed by atoms with E-state index >= 15 is 0 Å². The molecule has 0 aliphatic carbocycles. The molecule has 0 saturated carbocycles. The van der Waals surface area contributed by atoms with Crippen LogP contribution in [0.3, 0.4) is 0 Å². The molecule has 1 aromatic carbocycles. The Labute approximate surface area is 157 Å². The minimum Gasteiger partial charge on any atom is -0.497 e. The number of rotatable bonds is 2. The molecule has 0 atom stereocenters. The highest BCUT2D eigenvalue weighted by Crippen LogP contribution is 2.37. The van der Waals surface area contributed by atoms with Crippen LogP contribution in [0.4, 0.5) is 4.79 Å². The van der Waals surface area contributed by atoms with Gasteiger partial charge in [-0.05, 0) is 67.1 Å². The maximum atomic E-state index is 12.4. The van der Waals surface area contributed by atoms with E-state index in [1.54, 1.807) is 18.4 Å². The standard InChI is InChI=1S/C17H17IN2O3S/c1-17(2,3)23-16(21)20-12-9-13(24-14(12)15(18)19-20)10-6-5-7-11(8-10)22-4/h5-9H,1-4H3. The molecular formula is C17H17IN2O3S. The van der Waals surface area contributed by atoms with Crippen LogP contribution in [0.5, 0.6) is 5.75 Å². The monoisotopic (exact) mass is 456 g/mol. The molecule has 0 saturated heterocycles. The van der Waals surface area contributed by atoms with Crippen LogP contribution < -0.4 is 4.74 Å². The number of methoxy groups -OCH3 is 1. The molecule has 0 amide bonds. The minimum atomic E-state index is -0.563. The zero-order valence-corrected chi connectivity index (χ0v) is 16.8. The van der Waals surface area contributed by atoms with Crippen LogP contribution in [-0.2, 0) is 4.74 Å². The molecule has 2 aromatic heterocycles. The lowest BCUT2D eigenvalue weighted by Crippen LogP contribution is -2.27. The maximum Gasteiger partial charge on any atom is 0.435 e. The van der Waals surface area contributed by atoms with Gasteiger partial charge in [0.25, 0.3) is 0 Å². The summed E-state index contributed by atoms with van der Waals surface area (Å²) in [4.78, 5) is 13.4. The lowest BCUT2D eigenvalue weighted by atomic mass is 10.2. The Bertz CT molecular complexity index is 908. The molecule has 7 heteroatoms. The van der Waals surface area contributed by atoms with Gasteiger partial charge in [0.05, 0.1) is 17.3 Å². The zero-order chi connectivity index (χ0) is 17.5. The molecule has 0 radical (unpaired) electrons. The van der Waals surface area contributed by atoms with Crippen LogP contribution in [-0.4, -0.2) is 28.6 Å². The number of nitrogens with zero attached hydrogens (tertiary/aromatic N) is 2. The number of thiophene rings is 1. The van der Waals surface area contributed by atoms with Crippen LogP contribution in [0.2, 0.25) is 0 Å². The molecule has 0 spiro atoms. The first-order chi connectivity index (χ1) is 11.3. The second kappa shape index (κ2) is 6.36. The molecule has 24 heavy (non-hydrogen) atoms. The van der Waals surface area contributed by atoms with Gasteiger partial charge in [-0.2, -0.15) is 9.78 Å². The van der Waals surface area contributed by atoms with E-state index in [2.05, 4.69) is 27.7 Å². The Morgan fingerprint density at radius 1 is 1.29 bits per heavy atom. The molecule has 0 fully saturated rings. The van der Waals surface area contributed by atoms with Gasteiger partial charge in [0.1, 0.15) is 15.1 Å². The summed E-state index contributed by atoms with van der Waals surface area (Å²) in [6.07, 6.45) is -0.467. The summed E-state index contributed by atoms with van der Waals surface area (Å²) in [6.45, 7) is 5.52. The average molecular weight is 456 g/mol. The molecule has 0 N–H and O–H groups in total. The Balaban J connectivity index is 2.05. The average Bonchev–Trinajstić information content (AvgIpc) is 3.06. The smallest absolute Gasteiger partial charge is 0.435 e. The summed E-state index contributed by atoms with van der Waals surface area (Å²) in [5.74, 6) is 0.799. The zero-order valence-electron chi connectivity index (χ0n) is 13.8. The van der Waals surface area contributed by atoms with Crippen molar-refractivity contribution in [3.8, 4) is 16.2 Å². The molecule has 0 unspecified atom stereocenters. The van der Waals surface area contributed by atoms with Crippen LogP contribution in [0.25, 0.3) is 20.7 Å². The van der Waals surface area contributed by atoms with Crippen LogP contribution in [0.1, 0.15) is 20.8 Å². The van der Waals surface area contributed by atoms with Crippen molar-refractivity contribution in [3.63, 3.8) is 0 Å². The summed E-state index contributed by atoms with van der Waals surface area (Å²) in [5, 5.41) is 4.32. The summed E-state index contributed by atoms with van der Waals surface area (Å²) < 4.78 is 13.8. The SMILES string of the molecule is COc1cccc(-c2cc3c(s2)c(I)nn3C(=O)OC(C)(C)C)c1. The fourth-order valence-corrected chi connectivity index (χ4v) is 4.07. The first-order valence-corrected chi connectivity index (χ1v) is 9.24. The molecule has 2 heterocycles. The van der Waals surface area contributed by atoms with E-state index in [1.165, 1.54) is 4.68 Å². The third-order valence-electron chi connectivity index (χ3n) is 3.24. The van der Waals surface area contributed by atoms with Crippen molar-refractivity contribution in [2.45, 2.75) is 26.4 Å². The van der Waals surface area contributed by atoms with Crippen molar-refractivity contribution >= 4 is 50.2 Å². The number of benzene rings is 1.